The van der Waals surface area contributed by atoms with Crippen molar-refractivity contribution in [3.05, 3.63) is 34.9 Å². The number of ether oxygens (including phenoxy) is 1. The van der Waals surface area contributed by atoms with Crippen LogP contribution in [0.5, 0.6) is 0 Å². The molecule has 16 heavy (non-hydrogen) atoms. The molecule has 0 spiro atoms. The van der Waals surface area contributed by atoms with Crippen molar-refractivity contribution in [2.75, 3.05) is 6.61 Å². The molecular weight excluding hydrogens is 287 g/mol. The van der Waals surface area contributed by atoms with E-state index in [0.717, 1.165) is 24.5 Å². The second kappa shape index (κ2) is 5.52. The molecule has 2 rings (SSSR count). The molecule has 0 amide bonds. The molecule has 88 valence electrons. The maximum atomic E-state index is 5.86. The Morgan fingerprint density at radius 3 is 2.69 bits per heavy atom. The standard InChI is InChI=1S/C13H16BrClO/c1-9-6-11(8-16-9)13(14)7-10-2-4-12(15)5-3-10/h2-5,9,11,13H,6-8H2,1H3. The molecule has 1 fully saturated rings. The largest absolute Gasteiger partial charge is 0.378 e. The molecule has 3 atom stereocenters. The van der Waals surface area contributed by atoms with E-state index in [1.54, 1.807) is 0 Å². The summed E-state index contributed by atoms with van der Waals surface area (Å²) in [5.41, 5.74) is 1.32. The molecule has 0 aliphatic carbocycles. The molecule has 1 aliphatic heterocycles. The van der Waals surface area contributed by atoms with E-state index < -0.39 is 0 Å². The minimum Gasteiger partial charge on any atom is -0.378 e. The Morgan fingerprint density at radius 2 is 2.12 bits per heavy atom. The highest BCUT2D eigenvalue weighted by atomic mass is 79.9. The topological polar surface area (TPSA) is 9.23 Å². The maximum Gasteiger partial charge on any atom is 0.0551 e. The Kier molecular flexibility index (Phi) is 4.28. The van der Waals surface area contributed by atoms with Gasteiger partial charge in [0.05, 0.1) is 12.7 Å². The zero-order valence-electron chi connectivity index (χ0n) is 9.33. The number of halogens is 2. The van der Waals surface area contributed by atoms with Crippen molar-refractivity contribution in [3.8, 4) is 0 Å². The normalized spacial score (nSPS) is 26.9. The fraction of sp³-hybridized carbons (Fsp3) is 0.538. The van der Waals surface area contributed by atoms with Gasteiger partial charge in [-0.25, -0.2) is 0 Å². The van der Waals surface area contributed by atoms with Gasteiger partial charge >= 0.3 is 0 Å². The van der Waals surface area contributed by atoms with Crippen molar-refractivity contribution >= 4 is 27.5 Å². The zero-order valence-corrected chi connectivity index (χ0v) is 11.7. The smallest absolute Gasteiger partial charge is 0.0551 e. The van der Waals surface area contributed by atoms with Crippen molar-refractivity contribution in [1.29, 1.82) is 0 Å². The van der Waals surface area contributed by atoms with Crippen molar-refractivity contribution in [1.82, 2.24) is 0 Å². The summed E-state index contributed by atoms with van der Waals surface area (Å²) in [5, 5.41) is 0.799. The minimum absolute atomic E-state index is 0.412. The molecule has 1 aromatic rings. The van der Waals surface area contributed by atoms with Crippen LogP contribution in [0.2, 0.25) is 5.02 Å². The summed E-state index contributed by atoms with van der Waals surface area (Å²) in [5.74, 6) is 0.630. The molecule has 1 saturated heterocycles. The zero-order chi connectivity index (χ0) is 11.5. The number of hydrogen-bond donors (Lipinski definition) is 0. The first-order chi connectivity index (χ1) is 7.65. The first-order valence-electron chi connectivity index (χ1n) is 5.65. The highest BCUT2D eigenvalue weighted by Gasteiger charge is 2.27. The van der Waals surface area contributed by atoms with Crippen LogP contribution in [0.15, 0.2) is 24.3 Å². The Labute approximate surface area is 110 Å². The van der Waals surface area contributed by atoms with Gasteiger partial charge < -0.3 is 4.74 Å². The molecule has 0 radical (unpaired) electrons. The van der Waals surface area contributed by atoms with Gasteiger partial charge in [-0.3, -0.25) is 0 Å². The Balaban J connectivity index is 1.91. The quantitative estimate of drug-likeness (QED) is 0.765. The van der Waals surface area contributed by atoms with Crippen molar-refractivity contribution in [2.24, 2.45) is 5.92 Å². The molecule has 1 aliphatic rings. The van der Waals surface area contributed by atoms with Gasteiger partial charge in [0.15, 0.2) is 0 Å². The number of hydrogen-bond acceptors (Lipinski definition) is 1. The minimum atomic E-state index is 0.412. The van der Waals surface area contributed by atoms with Crippen LogP contribution in [0.3, 0.4) is 0 Å². The summed E-state index contributed by atoms with van der Waals surface area (Å²) >= 11 is 9.64. The van der Waals surface area contributed by atoms with Crippen LogP contribution in [0.25, 0.3) is 0 Å². The molecule has 0 bridgehead atoms. The third-order valence-electron chi connectivity index (χ3n) is 3.08. The highest BCUT2D eigenvalue weighted by Crippen LogP contribution is 2.29. The third-order valence-corrected chi connectivity index (χ3v) is 4.41. The first-order valence-corrected chi connectivity index (χ1v) is 6.94. The monoisotopic (exact) mass is 302 g/mol. The van der Waals surface area contributed by atoms with Gasteiger partial charge in [-0.2, -0.15) is 0 Å². The fourth-order valence-corrected chi connectivity index (χ4v) is 2.98. The van der Waals surface area contributed by atoms with E-state index in [0.29, 0.717) is 16.8 Å². The van der Waals surface area contributed by atoms with Gasteiger partial charge in [0, 0.05) is 9.85 Å². The van der Waals surface area contributed by atoms with Gasteiger partial charge in [0.25, 0.3) is 0 Å². The third kappa shape index (κ3) is 3.22. The fourth-order valence-electron chi connectivity index (χ4n) is 2.11. The number of rotatable bonds is 3. The van der Waals surface area contributed by atoms with Crippen LogP contribution in [-0.4, -0.2) is 17.5 Å². The van der Waals surface area contributed by atoms with Crippen LogP contribution in [-0.2, 0) is 11.2 Å². The van der Waals surface area contributed by atoms with Crippen LogP contribution >= 0.6 is 27.5 Å². The Bertz CT molecular complexity index is 338. The average Bonchev–Trinajstić information content (AvgIpc) is 2.68. The predicted octanol–water partition coefficient (Wildman–Crippen LogP) is 4.07. The van der Waals surface area contributed by atoms with Crippen molar-refractivity contribution in [2.45, 2.75) is 30.7 Å². The van der Waals surface area contributed by atoms with Gasteiger partial charge in [-0.15, -0.1) is 0 Å². The van der Waals surface area contributed by atoms with E-state index in [4.69, 9.17) is 16.3 Å². The molecule has 3 heteroatoms. The lowest BCUT2D eigenvalue weighted by molar-refractivity contribution is 0.120. The lowest BCUT2D eigenvalue weighted by atomic mass is 9.97. The van der Waals surface area contributed by atoms with Crippen molar-refractivity contribution in [3.63, 3.8) is 0 Å². The van der Waals surface area contributed by atoms with Gasteiger partial charge in [0.2, 0.25) is 0 Å². The van der Waals surface area contributed by atoms with E-state index in [9.17, 15) is 0 Å². The SMILES string of the molecule is CC1CC(C(Br)Cc2ccc(Cl)cc2)CO1. The molecule has 0 N–H and O–H groups in total. The summed E-state index contributed by atoms with van der Waals surface area (Å²) in [6, 6.07) is 8.08. The summed E-state index contributed by atoms with van der Waals surface area (Å²) in [4.78, 5) is 0.499. The number of benzene rings is 1. The lowest BCUT2D eigenvalue weighted by Crippen LogP contribution is -2.17. The second-order valence-electron chi connectivity index (χ2n) is 4.49. The van der Waals surface area contributed by atoms with Crippen LogP contribution in [0.1, 0.15) is 18.9 Å². The number of alkyl halides is 1. The second-order valence-corrected chi connectivity index (χ2v) is 6.10. The molecule has 1 aromatic carbocycles. The Morgan fingerprint density at radius 1 is 1.44 bits per heavy atom. The van der Waals surface area contributed by atoms with Gasteiger partial charge in [-0.05, 0) is 43.4 Å². The molecule has 1 nitrogen and oxygen atoms in total. The molecular formula is C13H16BrClO. The predicted molar refractivity (Wildman–Crippen MR) is 71.4 cm³/mol. The first kappa shape index (κ1) is 12.4. The molecule has 3 unspecified atom stereocenters. The van der Waals surface area contributed by atoms with Crippen LogP contribution < -0.4 is 0 Å². The summed E-state index contributed by atoms with van der Waals surface area (Å²) < 4.78 is 5.59. The van der Waals surface area contributed by atoms with Crippen molar-refractivity contribution < 1.29 is 4.74 Å². The van der Waals surface area contributed by atoms with Crippen LogP contribution in [0, 0.1) is 5.92 Å². The lowest BCUT2D eigenvalue weighted by Gasteiger charge is -2.15. The molecule has 1 heterocycles. The summed E-state index contributed by atoms with van der Waals surface area (Å²) in [6.07, 6.45) is 2.61. The van der Waals surface area contributed by atoms with E-state index in [-0.39, 0.29) is 0 Å². The maximum absolute atomic E-state index is 5.86. The van der Waals surface area contributed by atoms with Crippen LogP contribution in [0.4, 0.5) is 0 Å². The van der Waals surface area contributed by atoms with E-state index in [2.05, 4.69) is 35.0 Å². The van der Waals surface area contributed by atoms with Gasteiger partial charge in [-0.1, -0.05) is 39.7 Å². The highest BCUT2D eigenvalue weighted by molar-refractivity contribution is 9.09. The van der Waals surface area contributed by atoms with E-state index in [1.807, 2.05) is 12.1 Å². The Hall–Kier alpha value is -0.0500. The molecule has 0 saturated carbocycles. The van der Waals surface area contributed by atoms with E-state index >= 15 is 0 Å². The summed E-state index contributed by atoms with van der Waals surface area (Å²) in [6.45, 7) is 3.02. The average molecular weight is 304 g/mol. The molecule has 0 aromatic heterocycles. The van der Waals surface area contributed by atoms with Gasteiger partial charge in [0.1, 0.15) is 0 Å². The van der Waals surface area contributed by atoms with E-state index in [1.165, 1.54) is 5.56 Å². The summed E-state index contributed by atoms with van der Waals surface area (Å²) in [7, 11) is 0.